The number of hydrogen-bond acceptors (Lipinski definition) is 4. The van der Waals surface area contributed by atoms with Crippen molar-refractivity contribution < 1.29 is 14.3 Å². The van der Waals surface area contributed by atoms with Gasteiger partial charge in [-0.2, -0.15) is 5.26 Å². The molecular weight excluding hydrogens is 326 g/mol. The number of para-hydroxylation sites is 1. The Labute approximate surface area is 151 Å². The highest BCUT2D eigenvalue weighted by molar-refractivity contribution is 6.08. The van der Waals surface area contributed by atoms with Gasteiger partial charge in [-0.05, 0) is 47.2 Å². The molecule has 0 radical (unpaired) electrons. The van der Waals surface area contributed by atoms with Crippen LogP contribution in [0.5, 0.6) is 11.5 Å². The number of carbonyl (C=O) groups is 1. The van der Waals surface area contributed by atoms with Gasteiger partial charge < -0.3 is 9.47 Å². The molecule has 3 aromatic rings. The largest absolute Gasteiger partial charge is 0.497 e. The molecule has 0 atom stereocenters. The minimum absolute atomic E-state index is 0.0348. The van der Waals surface area contributed by atoms with E-state index in [4.69, 9.17) is 14.7 Å². The number of benzene rings is 3. The van der Waals surface area contributed by atoms with Crippen molar-refractivity contribution in [3.63, 3.8) is 0 Å². The van der Waals surface area contributed by atoms with Crippen molar-refractivity contribution in [2.75, 3.05) is 13.7 Å². The van der Waals surface area contributed by atoms with Crippen LogP contribution in [-0.4, -0.2) is 19.5 Å². The summed E-state index contributed by atoms with van der Waals surface area (Å²) in [7, 11) is 1.63. The normalized spacial score (nSPS) is 10.6. The van der Waals surface area contributed by atoms with E-state index in [9.17, 15) is 4.79 Å². The maximum absolute atomic E-state index is 12.5. The second-order valence-electron chi connectivity index (χ2n) is 5.61. The maximum atomic E-state index is 12.5. The summed E-state index contributed by atoms with van der Waals surface area (Å²) in [6, 6.07) is 20.5. The van der Waals surface area contributed by atoms with Crippen molar-refractivity contribution in [1.29, 1.82) is 5.26 Å². The van der Waals surface area contributed by atoms with Gasteiger partial charge in [-0.25, -0.2) is 0 Å². The summed E-state index contributed by atoms with van der Waals surface area (Å²) in [5.74, 6) is 1.26. The molecular formula is C22H17NO3. The lowest BCUT2D eigenvalue weighted by molar-refractivity contribution is 0.104. The molecule has 0 aliphatic carbocycles. The van der Waals surface area contributed by atoms with Crippen molar-refractivity contribution in [3.8, 4) is 17.6 Å². The van der Waals surface area contributed by atoms with Crippen molar-refractivity contribution in [1.82, 2.24) is 0 Å². The van der Waals surface area contributed by atoms with E-state index in [-0.39, 0.29) is 12.4 Å². The van der Waals surface area contributed by atoms with Crippen LogP contribution in [-0.2, 0) is 0 Å². The van der Waals surface area contributed by atoms with Crippen molar-refractivity contribution >= 4 is 22.6 Å². The van der Waals surface area contributed by atoms with Crippen LogP contribution in [0.25, 0.3) is 16.8 Å². The van der Waals surface area contributed by atoms with Gasteiger partial charge in [-0.15, -0.1) is 0 Å². The molecule has 0 N–H and O–H groups in total. The molecule has 0 aromatic heterocycles. The molecule has 0 aliphatic heterocycles. The van der Waals surface area contributed by atoms with E-state index in [2.05, 4.69) is 0 Å². The molecule has 128 valence electrons. The summed E-state index contributed by atoms with van der Waals surface area (Å²) < 4.78 is 10.6. The number of allylic oxidation sites excluding steroid dienone is 1. The Morgan fingerprint density at radius 2 is 1.85 bits per heavy atom. The Kier molecular flexibility index (Phi) is 5.31. The molecule has 0 spiro atoms. The second-order valence-corrected chi connectivity index (χ2v) is 5.61. The van der Waals surface area contributed by atoms with E-state index >= 15 is 0 Å². The highest BCUT2D eigenvalue weighted by atomic mass is 16.5. The molecule has 0 aliphatic rings. The third-order valence-electron chi connectivity index (χ3n) is 3.96. The van der Waals surface area contributed by atoms with Crippen LogP contribution in [0.2, 0.25) is 0 Å². The van der Waals surface area contributed by atoms with E-state index in [0.29, 0.717) is 11.3 Å². The molecule has 0 saturated heterocycles. The van der Waals surface area contributed by atoms with Gasteiger partial charge in [-0.1, -0.05) is 36.4 Å². The standard InChI is InChI=1S/C22H17NO3/c1-25-20-10-8-17-14-19(7-6-18(17)15-20)21(24)11-9-16-4-2-3-5-22(16)26-13-12-23/h2-11,14-15H,13H2,1H3/b11-9+. The first-order valence-electron chi connectivity index (χ1n) is 8.10. The minimum atomic E-state index is -0.0993. The van der Waals surface area contributed by atoms with Crippen LogP contribution < -0.4 is 9.47 Å². The highest BCUT2D eigenvalue weighted by Gasteiger charge is 2.05. The molecule has 0 unspecified atom stereocenters. The number of ether oxygens (including phenoxy) is 2. The van der Waals surface area contributed by atoms with Crippen LogP contribution in [0.1, 0.15) is 15.9 Å². The summed E-state index contributed by atoms with van der Waals surface area (Å²) in [4.78, 5) is 12.5. The monoisotopic (exact) mass is 343 g/mol. The van der Waals surface area contributed by atoms with E-state index in [1.54, 1.807) is 25.3 Å². The van der Waals surface area contributed by atoms with Crippen LogP contribution in [0.15, 0.2) is 66.7 Å². The molecule has 3 rings (SSSR count). The van der Waals surface area contributed by atoms with Crippen molar-refractivity contribution in [2.45, 2.75) is 0 Å². The van der Waals surface area contributed by atoms with Crippen molar-refractivity contribution in [2.24, 2.45) is 0 Å². The lowest BCUT2D eigenvalue weighted by atomic mass is 10.0. The zero-order chi connectivity index (χ0) is 18.4. The van der Waals surface area contributed by atoms with E-state index in [0.717, 1.165) is 22.1 Å². The number of ketones is 1. The van der Waals surface area contributed by atoms with Crippen molar-refractivity contribution in [3.05, 3.63) is 77.9 Å². The molecule has 0 fully saturated rings. The Morgan fingerprint density at radius 3 is 2.65 bits per heavy atom. The molecule has 26 heavy (non-hydrogen) atoms. The van der Waals surface area contributed by atoms with E-state index < -0.39 is 0 Å². The molecule has 3 aromatic carbocycles. The minimum Gasteiger partial charge on any atom is -0.497 e. The van der Waals surface area contributed by atoms with Gasteiger partial charge >= 0.3 is 0 Å². The summed E-state index contributed by atoms with van der Waals surface area (Å²) >= 11 is 0. The van der Waals surface area contributed by atoms with Gasteiger partial charge in [0.1, 0.15) is 17.6 Å². The van der Waals surface area contributed by atoms with Gasteiger partial charge in [0.15, 0.2) is 12.4 Å². The second kappa shape index (κ2) is 8.00. The number of rotatable bonds is 6. The fraction of sp³-hybridized carbons (Fsp3) is 0.0909. The lowest BCUT2D eigenvalue weighted by Crippen LogP contribution is -1.96. The van der Waals surface area contributed by atoms with Crippen LogP contribution in [0.3, 0.4) is 0 Å². The van der Waals surface area contributed by atoms with Gasteiger partial charge in [0, 0.05) is 11.1 Å². The van der Waals surface area contributed by atoms with E-state index in [1.807, 2.05) is 54.6 Å². The predicted molar refractivity (Wildman–Crippen MR) is 101 cm³/mol. The third-order valence-corrected chi connectivity index (χ3v) is 3.96. The average molecular weight is 343 g/mol. The fourth-order valence-corrected chi connectivity index (χ4v) is 2.63. The number of nitriles is 1. The van der Waals surface area contributed by atoms with E-state index in [1.165, 1.54) is 6.08 Å². The molecule has 0 saturated carbocycles. The number of carbonyl (C=O) groups excluding carboxylic acids is 1. The predicted octanol–water partition coefficient (Wildman–Crippen LogP) is 4.65. The fourth-order valence-electron chi connectivity index (χ4n) is 2.63. The zero-order valence-electron chi connectivity index (χ0n) is 14.3. The Morgan fingerprint density at radius 1 is 1.08 bits per heavy atom. The molecule has 4 nitrogen and oxygen atoms in total. The van der Waals surface area contributed by atoms with Gasteiger partial charge in [0.2, 0.25) is 0 Å². The SMILES string of the molecule is COc1ccc2cc(C(=O)/C=C/c3ccccc3OCC#N)ccc2c1. The van der Waals surface area contributed by atoms with Crippen LogP contribution in [0.4, 0.5) is 0 Å². The highest BCUT2D eigenvalue weighted by Crippen LogP contribution is 2.23. The number of nitrogens with zero attached hydrogens (tertiary/aromatic N) is 1. The van der Waals surface area contributed by atoms with Gasteiger partial charge in [0.05, 0.1) is 7.11 Å². The Bertz CT molecular complexity index is 1020. The topological polar surface area (TPSA) is 59.3 Å². The Balaban J connectivity index is 1.83. The number of hydrogen-bond donors (Lipinski definition) is 0. The summed E-state index contributed by atoms with van der Waals surface area (Å²) in [6.07, 6.45) is 3.21. The smallest absolute Gasteiger partial charge is 0.185 e. The first kappa shape index (κ1) is 17.2. The average Bonchev–Trinajstić information content (AvgIpc) is 2.70. The van der Waals surface area contributed by atoms with Crippen LogP contribution >= 0.6 is 0 Å². The summed E-state index contributed by atoms with van der Waals surface area (Å²) in [5.41, 5.74) is 1.36. The summed E-state index contributed by atoms with van der Waals surface area (Å²) in [6.45, 7) is -0.0348. The molecule has 0 heterocycles. The number of methoxy groups -OCH3 is 1. The molecule has 0 amide bonds. The lowest BCUT2D eigenvalue weighted by Gasteiger charge is -2.05. The first-order chi connectivity index (χ1) is 12.7. The summed E-state index contributed by atoms with van der Waals surface area (Å²) in [5, 5.41) is 10.6. The number of fused-ring (bicyclic) bond motifs is 1. The zero-order valence-corrected chi connectivity index (χ0v) is 14.3. The molecule has 4 heteroatoms. The Hall–Kier alpha value is -3.58. The van der Waals surface area contributed by atoms with Gasteiger partial charge in [-0.3, -0.25) is 4.79 Å². The quantitative estimate of drug-likeness (QED) is 0.483. The third kappa shape index (κ3) is 3.90. The van der Waals surface area contributed by atoms with Gasteiger partial charge in [0.25, 0.3) is 0 Å². The maximum Gasteiger partial charge on any atom is 0.185 e. The molecule has 0 bridgehead atoms. The van der Waals surface area contributed by atoms with Crippen LogP contribution in [0, 0.1) is 11.3 Å². The first-order valence-corrected chi connectivity index (χ1v) is 8.10.